The molecular weight excluding hydrogens is 517 g/mol. The van der Waals surface area contributed by atoms with Gasteiger partial charge in [0.1, 0.15) is 0 Å². The summed E-state index contributed by atoms with van der Waals surface area (Å²) in [6.07, 6.45) is 0. The van der Waals surface area contributed by atoms with Gasteiger partial charge in [-0.25, -0.2) is 0 Å². The number of hydrogen-bond acceptors (Lipinski definition) is 1. The third kappa shape index (κ3) is 81.2. The summed E-state index contributed by atoms with van der Waals surface area (Å²) in [7, 11) is 21.0. The van der Waals surface area contributed by atoms with Crippen molar-refractivity contribution in [2.45, 2.75) is 0 Å². The molecule has 0 aromatic heterocycles. The van der Waals surface area contributed by atoms with Crippen molar-refractivity contribution >= 4 is 47.9 Å². The Morgan fingerprint density at radius 3 is 0.727 bits per heavy atom. The molecule has 0 aliphatic rings. The van der Waals surface area contributed by atoms with Gasteiger partial charge in [0.05, 0.1) is 0 Å². The Balaban J connectivity index is -0.0000000222. The van der Waals surface area contributed by atoms with Gasteiger partial charge < -0.3 is 10.5 Å². The fourth-order valence-electron chi connectivity index (χ4n) is 0. The van der Waals surface area contributed by atoms with E-state index in [2.05, 4.69) is 0 Å². The number of hydrogen-bond donors (Lipinski definition) is 0. The fourth-order valence-corrected chi connectivity index (χ4v) is 0. The summed E-state index contributed by atoms with van der Waals surface area (Å²) in [5, 5.41) is 0. The van der Waals surface area contributed by atoms with Crippen molar-refractivity contribution in [2.24, 2.45) is 0 Å². The Labute approximate surface area is 214 Å². The molecule has 0 atom stereocenters. The zero-order valence-electron chi connectivity index (χ0n) is 6.08. The smallest absolute Gasteiger partial charge is 0.577 e. The van der Waals surface area contributed by atoms with Crippen LogP contribution in [-0.2, 0) is 9.02 Å². The molecule has 11 heteroatoms. The maximum absolute atomic E-state index is 7.25. The normalized spacial score (nSPS) is 10.8. The van der Waals surface area contributed by atoms with Crippen LogP contribution in [0.3, 0.4) is 0 Å². The van der Waals surface area contributed by atoms with E-state index in [0.29, 0.717) is 0 Å². The Bertz CT molecular complexity index is 64.6. The Morgan fingerprint density at radius 1 is 0.727 bits per heavy atom. The topological polar surface area (TPSA) is 39.4 Å². The summed E-state index contributed by atoms with van der Waals surface area (Å²) in [6.45, 7) is 0. The summed E-state index contributed by atoms with van der Waals surface area (Å²) in [4.78, 5) is 7.25. The average Bonchev–Trinajstić information content (AvgIpc) is 1.33. The van der Waals surface area contributed by atoms with Gasteiger partial charge in [-0.3, -0.25) is 0 Å². The van der Waals surface area contributed by atoms with Gasteiger partial charge in [0.2, 0.25) is 0 Å². The van der Waals surface area contributed by atoms with Crippen molar-refractivity contribution in [3.63, 3.8) is 0 Å². The van der Waals surface area contributed by atoms with Crippen molar-refractivity contribution in [3.05, 3.63) is 10.5 Å². The van der Waals surface area contributed by atoms with Crippen molar-refractivity contribution in [2.75, 3.05) is 0 Å². The summed E-state index contributed by atoms with van der Waals surface area (Å²) in [5.74, 6) is 0. The first-order chi connectivity index (χ1) is 3.24. The fraction of sp³-hybridized carbons (Fsp3) is 0. The van der Waals surface area contributed by atoms with Gasteiger partial charge in [0.15, 0.2) is 0 Å². The van der Waals surface area contributed by atoms with Gasteiger partial charge in [-0.05, 0) is 0 Å². The van der Waals surface area contributed by atoms with Gasteiger partial charge in [0, 0.05) is 0 Å². The van der Waals surface area contributed by atoms with Crippen LogP contribution in [0.15, 0.2) is 0 Å². The van der Waals surface area contributed by atoms with Gasteiger partial charge in [-0.2, -0.15) is 0 Å². The molecule has 0 spiro atoms. The molecule has 0 rings (SSSR count). The Morgan fingerprint density at radius 2 is 0.727 bits per heavy atom. The second kappa shape index (κ2) is 14.7. The van der Waals surface area contributed by atoms with Crippen LogP contribution in [0.1, 0.15) is 0 Å². The minimum absolute atomic E-state index is 0. The molecule has 2 nitrogen and oxygen atoms in total. The predicted octanol–water partition coefficient (Wildman–Crippen LogP) is -5.22. The predicted molar refractivity (Wildman–Crippen MR) is 36.0 cm³/mol. The first-order valence-corrected chi connectivity index (χ1v) is 15.7. The molecule has 0 saturated carbocycles. The molecule has 11 heavy (non-hydrogen) atoms. The van der Waals surface area contributed by atoms with Crippen LogP contribution in [0.2, 0.25) is 0 Å². The molecular formula is Cl5IrK3NO. The molecule has 0 bridgehead atoms. The molecule has 0 unspecified atom stereocenters. The van der Waals surface area contributed by atoms with Crippen LogP contribution in [-0.4, -0.2) is 0 Å². The second-order valence-corrected chi connectivity index (χ2v) is 35.1. The molecule has 0 heterocycles. The Hall–Kier alpha value is 6.61. The SMILES string of the molecule is [Cl][Ir-2]([Cl])([Cl])([Cl])[Cl].[K+].[K+].[K+].[N-]=O. The van der Waals surface area contributed by atoms with E-state index in [1.807, 2.05) is 0 Å². The zero-order chi connectivity index (χ0) is 7.45. The van der Waals surface area contributed by atoms with Crippen LogP contribution in [0.25, 0.3) is 5.59 Å². The van der Waals surface area contributed by atoms with E-state index in [1.54, 1.807) is 0 Å². The molecule has 0 saturated heterocycles. The molecule has 0 aliphatic carbocycles. The van der Waals surface area contributed by atoms with Crippen molar-refractivity contribution < 1.29 is 163 Å². The monoisotopic (exact) mass is 515 g/mol. The summed E-state index contributed by atoms with van der Waals surface area (Å²) in [5.41, 5.74) is 5.75. The number of nitrogens with zero attached hydrogens (tertiary/aromatic N) is 1. The molecule has 0 N–H and O–H groups in total. The molecule has 0 radical (unpaired) electrons. The van der Waals surface area contributed by atoms with Crippen molar-refractivity contribution in [1.29, 1.82) is 0 Å². The molecule has 0 aromatic carbocycles. The minimum Gasteiger partial charge on any atom is -0.577 e. The van der Waals surface area contributed by atoms with E-state index < -0.39 is 9.02 Å². The maximum atomic E-state index is 7.25. The summed E-state index contributed by atoms with van der Waals surface area (Å²) >= 11 is 0. The number of rotatable bonds is 0. The average molecular weight is 517 g/mol. The zero-order valence-corrected chi connectivity index (χ0v) is 21.6. The van der Waals surface area contributed by atoms with E-state index in [1.165, 1.54) is 0 Å². The second-order valence-electron chi connectivity index (χ2n) is 0.476. The molecule has 0 amide bonds. The largest absolute Gasteiger partial charge is 1.00 e. The van der Waals surface area contributed by atoms with Crippen molar-refractivity contribution in [1.82, 2.24) is 0 Å². The van der Waals surface area contributed by atoms with Gasteiger partial charge in [0.25, 0.3) is 0 Å². The van der Waals surface area contributed by atoms with Crippen LogP contribution in [0, 0.1) is 4.91 Å². The van der Waals surface area contributed by atoms with Crippen LogP contribution in [0.5, 0.6) is 0 Å². The summed E-state index contributed by atoms with van der Waals surface area (Å²) < 4.78 is 0. The number of nitroso groups, excluding NO2 is 1. The van der Waals surface area contributed by atoms with E-state index in [4.69, 9.17) is 58.4 Å². The quantitative estimate of drug-likeness (QED) is 0.297. The Kier molecular flexibility index (Phi) is 40.7. The van der Waals surface area contributed by atoms with E-state index >= 15 is 0 Å². The first-order valence-electron chi connectivity index (χ1n) is 0.813. The third-order valence-electron chi connectivity index (χ3n) is 0. The van der Waals surface area contributed by atoms with Crippen LogP contribution in [0.4, 0.5) is 0 Å². The van der Waals surface area contributed by atoms with E-state index in [-0.39, 0.29) is 154 Å². The summed E-state index contributed by atoms with van der Waals surface area (Å²) in [6, 6.07) is 0. The maximum Gasteiger partial charge on any atom is 1.00 e. The van der Waals surface area contributed by atoms with E-state index in [0.717, 1.165) is 0 Å². The standard InChI is InChI=1S/5ClH.Ir.3K.NO/c;;;;;;;;;1-2/h5*1H;;;;;/q;;;;;+3;3*+1;-1/p-5. The van der Waals surface area contributed by atoms with Gasteiger partial charge in [-0.15, -0.1) is 0 Å². The first kappa shape index (κ1) is 30.6. The van der Waals surface area contributed by atoms with Crippen molar-refractivity contribution in [3.8, 4) is 0 Å². The van der Waals surface area contributed by atoms with E-state index in [9.17, 15) is 0 Å². The minimum atomic E-state index is -4.24. The van der Waals surface area contributed by atoms with Crippen LogP contribution >= 0.6 is 47.9 Å². The van der Waals surface area contributed by atoms with Gasteiger partial charge >= 0.3 is 211 Å². The van der Waals surface area contributed by atoms with Gasteiger partial charge in [-0.1, -0.05) is 0 Å². The molecule has 0 aromatic rings. The molecule has 0 fully saturated rings. The molecule has 58 valence electrons. The third-order valence-corrected chi connectivity index (χ3v) is 0. The molecule has 0 aliphatic heterocycles. The number of halogens is 5. The van der Waals surface area contributed by atoms with Crippen LogP contribution < -0.4 is 154 Å².